The molecule has 8 fully saturated rings. The lowest BCUT2D eigenvalue weighted by molar-refractivity contribution is -0.388. The van der Waals surface area contributed by atoms with E-state index >= 15 is 0 Å². The fraction of sp³-hybridized carbons (Fsp3) is 0.893. The Kier molecular flexibility index (Phi) is 19.6. The van der Waals surface area contributed by atoms with Crippen LogP contribution >= 0.6 is 0 Å². The molecule has 0 bridgehead atoms. The third-order valence-electron chi connectivity index (χ3n) is 20.6. The predicted molar refractivity (Wildman–Crippen MR) is 292 cm³/mol. The lowest BCUT2D eigenvalue weighted by Crippen LogP contribution is -2.67. The summed E-state index contributed by atoms with van der Waals surface area (Å²) in [6, 6.07) is 0. The van der Waals surface area contributed by atoms with Crippen molar-refractivity contribution < 1.29 is 137 Å². The molecule has 0 aromatic carbocycles. The first-order valence-electron chi connectivity index (χ1n) is 29.5. The molecule has 4 aliphatic carbocycles. The number of aliphatic hydroxyl groups excluding tert-OH is 7. The van der Waals surface area contributed by atoms with E-state index in [2.05, 4.69) is 24.1 Å². The molecule has 0 aromatic rings. The number of ether oxygens (including phenoxy) is 11. The van der Waals surface area contributed by atoms with Crippen molar-refractivity contribution in [1.82, 2.24) is 0 Å². The Labute approximate surface area is 505 Å². The molecule has 87 heavy (non-hydrogen) atoms. The van der Waals surface area contributed by atoms with Gasteiger partial charge in [-0.15, -0.1) is 0 Å². The van der Waals surface area contributed by atoms with Gasteiger partial charge in [-0.3, -0.25) is 18.7 Å². The van der Waals surface area contributed by atoms with E-state index in [0.29, 0.717) is 44.9 Å². The number of aliphatic hydroxyl groups is 8. The van der Waals surface area contributed by atoms with Crippen molar-refractivity contribution in [2.75, 3.05) is 20.3 Å². The van der Waals surface area contributed by atoms with E-state index < -0.39 is 202 Å². The summed E-state index contributed by atoms with van der Waals surface area (Å²) < 4.78 is 142. The molecule has 31 heteroatoms. The number of carbonyl (C=O) groups is 2. The topological polar surface area (TPSA) is 425 Å². The second kappa shape index (κ2) is 24.7. The number of fused-ring (bicyclic) bond motifs is 4. The highest BCUT2D eigenvalue weighted by Crippen LogP contribution is 2.77. The van der Waals surface area contributed by atoms with Crippen molar-refractivity contribution in [2.24, 2.45) is 39.4 Å². The Balaban J connectivity index is 0.930. The normalized spacial score (nSPS) is 48.4. The van der Waals surface area contributed by atoms with Crippen molar-refractivity contribution >= 4 is 32.7 Å². The number of allylic oxidation sites excluding steroid dienone is 2. The van der Waals surface area contributed by atoms with E-state index in [1.165, 1.54) is 27.9 Å². The van der Waals surface area contributed by atoms with Crippen LogP contribution < -0.4 is 0 Å². The van der Waals surface area contributed by atoms with Crippen LogP contribution in [0.1, 0.15) is 114 Å². The predicted octanol–water partition coefficient (Wildman–Crippen LogP) is -0.194. The van der Waals surface area contributed by atoms with E-state index in [4.69, 9.17) is 56.3 Å². The monoisotopic (exact) mass is 1290 g/mol. The fourth-order valence-corrected chi connectivity index (χ4v) is 17.3. The molecule has 0 unspecified atom stereocenters. The smallest absolute Gasteiger partial charge is 0.397 e. The molecule has 5 saturated heterocycles. The molecule has 3 saturated carbocycles. The summed E-state index contributed by atoms with van der Waals surface area (Å²) in [5.74, 6) is -1.41. The Morgan fingerprint density at radius 3 is 1.99 bits per heavy atom. The molecule has 29 nitrogen and oxygen atoms in total. The van der Waals surface area contributed by atoms with E-state index in [9.17, 15) is 76.4 Å². The Bertz CT molecular complexity index is 2800. The average Bonchev–Trinajstić information content (AvgIpc) is 1.53. The minimum absolute atomic E-state index is 0.0316. The minimum atomic E-state index is -5.22. The van der Waals surface area contributed by atoms with Gasteiger partial charge in [0.05, 0.1) is 48.5 Å². The summed E-state index contributed by atoms with van der Waals surface area (Å²) in [6.07, 6.45) is -25.5. The zero-order valence-corrected chi connectivity index (χ0v) is 52.1. The van der Waals surface area contributed by atoms with Gasteiger partial charge in [0, 0.05) is 25.9 Å². The fourth-order valence-electron chi connectivity index (χ4n) is 16.5. The summed E-state index contributed by atoms with van der Waals surface area (Å²) in [6.45, 7) is 16.0. The van der Waals surface area contributed by atoms with Crippen LogP contribution in [0.5, 0.6) is 0 Å². The van der Waals surface area contributed by atoms with Gasteiger partial charge in [0.1, 0.15) is 91.1 Å². The maximum Gasteiger partial charge on any atom is 0.397 e. The molecule has 5 heterocycles. The number of hydrogen-bond acceptors (Lipinski definition) is 27. The van der Waals surface area contributed by atoms with Crippen molar-refractivity contribution in [1.29, 1.82) is 0 Å². The summed E-state index contributed by atoms with van der Waals surface area (Å²) in [7, 11) is -9.19. The van der Waals surface area contributed by atoms with Crippen LogP contribution in [0.2, 0.25) is 0 Å². The minimum Gasteiger partial charge on any atom is -0.462 e. The third-order valence-corrected chi connectivity index (χ3v) is 21.5. The van der Waals surface area contributed by atoms with Gasteiger partial charge in [-0.1, -0.05) is 51.5 Å². The zero-order valence-electron chi connectivity index (χ0n) is 50.5. The van der Waals surface area contributed by atoms with Crippen molar-refractivity contribution in [3.05, 3.63) is 23.8 Å². The summed E-state index contributed by atoms with van der Waals surface area (Å²) in [5.41, 5.74) is -3.92. The molecule has 28 atom stereocenters. The number of rotatable bonds is 18. The van der Waals surface area contributed by atoms with Crippen LogP contribution in [0.4, 0.5) is 0 Å². The van der Waals surface area contributed by atoms with E-state index in [0.717, 1.165) is 5.57 Å². The number of cyclic esters (lactones) is 1. The van der Waals surface area contributed by atoms with Gasteiger partial charge < -0.3 is 93.0 Å². The molecule has 9 rings (SSSR count). The van der Waals surface area contributed by atoms with Crippen LogP contribution in [-0.2, 0) is 90.9 Å². The van der Waals surface area contributed by atoms with Crippen LogP contribution in [-0.4, -0.2) is 239 Å². The second-order valence-electron chi connectivity index (χ2n) is 27.0. The van der Waals surface area contributed by atoms with Gasteiger partial charge >= 0.3 is 32.7 Å². The van der Waals surface area contributed by atoms with Crippen LogP contribution in [0.3, 0.4) is 0 Å². The molecular formula is C56H88O29S2. The lowest BCUT2D eigenvalue weighted by atomic mass is 9.41. The van der Waals surface area contributed by atoms with Gasteiger partial charge in [-0.2, -0.15) is 16.8 Å². The van der Waals surface area contributed by atoms with Crippen molar-refractivity contribution in [2.45, 2.75) is 254 Å². The number of methoxy groups -OCH3 is 1. The van der Waals surface area contributed by atoms with Gasteiger partial charge in [0.2, 0.25) is 0 Å². The Hall–Kier alpha value is -2.52. The Morgan fingerprint density at radius 1 is 0.736 bits per heavy atom. The SMILES string of the molecule is CO[C@@H]1[C@@H](O)[C@H](O[C@@H]2[C@@H](O)[C@H](O[C@H]3[C@H](O)[C@@H](O)[C@H](O[C@H]4[C@H](O[C@H]5CC[C@]6(C)[C@H]7CC[C@]89C(=O)O[C@@](C)(C/C=C/C(C)(C)O)[C@H]8[C@@H](OC(C)=O)C[C@@]9(C)C7=CC[C@H]6C5(C)C)OC[C@@H](OS(=O)(=O)O)[C@@H]4O)O[C@@H]3C)O[C@H](COS(=O)(=O)O)[C@H]2O)O[C@H](C)[C@H]1O. The van der Waals surface area contributed by atoms with Crippen LogP contribution in [0.25, 0.3) is 0 Å². The molecular weight excluding hydrogens is 1200 g/mol. The van der Waals surface area contributed by atoms with E-state index in [1.54, 1.807) is 19.9 Å². The highest BCUT2D eigenvalue weighted by atomic mass is 32.3. The van der Waals surface area contributed by atoms with Gasteiger partial charge in [0.25, 0.3) is 0 Å². The first kappa shape index (κ1) is 68.8. The molecule has 10 N–H and O–H groups in total. The summed E-state index contributed by atoms with van der Waals surface area (Å²) >= 11 is 0. The molecule has 0 amide bonds. The van der Waals surface area contributed by atoms with E-state index in [-0.39, 0.29) is 23.2 Å². The molecule has 0 radical (unpaired) electrons. The maximum absolute atomic E-state index is 14.7. The first-order valence-corrected chi connectivity index (χ1v) is 32.2. The Morgan fingerprint density at radius 2 is 1.36 bits per heavy atom. The molecule has 498 valence electrons. The number of esters is 2. The molecule has 5 aliphatic heterocycles. The van der Waals surface area contributed by atoms with Crippen LogP contribution in [0, 0.1) is 39.4 Å². The van der Waals surface area contributed by atoms with Gasteiger partial charge in [0.15, 0.2) is 25.2 Å². The second-order valence-corrected chi connectivity index (χ2v) is 29.1. The molecule has 9 aliphatic rings. The van der Waals surface area contributed by atoms with Crippen LogP contribution in [0.15, 0.2) is 23.8 Å². The molecule has 1 spiro atoms. The van der Waals surface area contributed by atoms with Gasteiger partial charge in [-0.25, -0.2) is 8.37 Å². The highest BCUT2D eigenvalue weighted by molar-refractivity contribution is 7.81. The average molecular weight is 1290 g/mol. The largest absolute Gasteiger partial charge is 0.462 e. The standard InChI is InChI=1S/C56H88O29S2/c1-24-34(58)42(73-11)39(63)47(76-24)82-43-35(59)30(23-75-86(67,68)69)79-48(40(43)64)81-41-25(2)77-46(38(62)37(41)61)83-44-36(60)31(85-87(70,71)72)22-74-49(44)80-33-16-19-53(8)27-15-20-56-45(55(10,84-50(56)65)18-12-17-51(4,5)66)29(78-26(3)57)21-54(56,9)28(27)13-14-32(53)52(33,6)7/h12-13,17,24-25,27,29-49,58-64,66H,14-16,18-23H2,1-11H3,(H,67,68,69)(H,70,71,72)/b17-12+/t24-,25-,27+,29+,30-,31-,32+,33+,34-,35-,36+,37-,38-,39-,40-,41-,42+,43+,44-,45-,46+,47+,48+,49+,53-,54+,55+,56-/m1/s1. The maximum atomic E-state index is 14.7. The van der Waals surface area contributed by atoms with Crippen molar-refractivity contribution in [3.8, 4) is 0 Å². The lowest BCUT2D eigenvalue weighted by Gasteiger charge is -2.63. The highest BCUT2D eigenvalue weighted by Gasteiger charge is 2.79. The molecule has 0 aromatic heterocycles. The summed E-state index contributed by atoms with van der Waals surface area (Å²) in [5, 5.41) is 90.3. The summed E-state index contributed by atoms with van der Waals surface area (Å²) in [4.78, 5) is 27.5. The number of hydrogen-bond donors (Lipinski definition) is 10. The quantitative estimate of drug-likeness (QED) is 0.0483. The van der Waals surface area contributed by atoms with Gasteiger partial charge in [-0.05, 0) is 95.8 Å². The van der Waals surface area contributed by atoms with Crippen molar-refractivity contribution in [3.63, 3.8) is 0 Å². The first-order chi connectivity index (χ1) is 40.2. The van der Waals surface area contributed by atoms with E-state index in [1.807, 2.05) is 26.8 Å². The number of carbonyl (C=O) groups excluding carboxylic acids is 2. The third kappa shape index (κ3) is 12.9. The zero-order chi connectivity index (χ0) is 64.3.